The number of methoxy groups -OCH3 is 1. The van der Waals surface area contributed by atoms with E-state index in [9.17, 15) is 4.79 Å². The molecule has 3 aromatic carbocycles. The van der Waals surface area contributed by atoms with Crippen molar-refractivity contribution in [2.45, 2.75) is 38.5 Å². The van der Waals surface area contributed by atoms with Crippen molar-refractivity contribution in [3.63, 3.8) is 0 Å². The lowest BCUT2D eigenvalue weighted by Gasteiger charge is -2.16. The van der Waals surface area contributed by atoms with Gasteiger partial charge in [0.1, 0.15) is 17.4 Å². The molecule has 0 amide bonds. The number of esters is 1. The fraction of sp³-hybridized carbons (Fsp3) is 0.206. The molecule has 0 aliphatic heterocycles. The van der Waals surface area contributed by atoms with Crippen molar-refractivity contribution in [1.82, 2.24) is 15.0 Å². The second kappa shape index (κ2) is 13.2. The lowest BCUT2D eigenvalue weighted by Crippen LogP contribution is -2.03. The predicted octanol–water partition coefficient (Wildman–Crippen LogP) is 8.34. The Morgan fingerprint density at radius 3 is 2.77 bits per heavy atom. The monoisotopic (exact) mass is 580 g/mol. The van der Waals surface area contributed by atoms with Crippen molar-refractivity contribution in [1.29, 1.82) is 5.26 Å². The molecule has 0 aliphatic carbocycles. The van der Waals surface area contributed by atoms with Crippen LogP contribution in [0.5, 0.6) is 11.5 Å². The number of imidazole rings is 1. The minimum absolute atomic E-state index is 0.0198. The van der Waals surface area contributed by atoms with Crippen LogP contribution >= 0.6 is 0 Å². The minimum atomic E-state index is -0.664. The first kappa shape index (κ1) is 29.3. The van der Waals surface area contributed by atoms with Gasteiger partial charge in [-0.3, -0.25) is 0 Å². The van der Waals surface area contributed by atoms with Crippen LogP contribution in [0.25, 0.3) is 28.4 Å². The fourth-order valence-corrected chi connectivity index (χ4v) is 5.13. The molecule has 0 saturated heterocycles. The molecule has 1 atom stereocenters. The van der Waals surface area contributed by atoms with Crippen molar-refractivity contribution in [2.24, 2.45) is 0 Å². The van der Waals surface area contributed by atoms with E-state index >= 15 is 8.78 Å². The van der Waals surface area contributed by atoms with Gasteiger partial charge in [0.05, 0.1) is 18.7 Å². The lowest BCUT2D eigenvalue weighted by atomic mass is 9.90. The molecule has 0 bridgehead atoms. The van der Waals surface area contributed by atoms with Gasteiger partial charge in [0.25, 0.3) is 0 Å². The predicted molar refractivity (Wildman–Crippen MR) is 160 cm³/mol. The van der Waals surface area contributed by atoms with Gasteiger partial charge >= 0.3 is 5.97 Å². The number of aryl methyl sites for hydroxylation is 1. The normalized spacial score (nSPS) is 12.0. The van der Waals surface area contributed by atoms with Gasteiger partial charge in [0.15, 0.2) is 11.6 Å². The number of carbonyl (C=O) groups is 1. The number of nitrogens with one attached hydrogen (secondary N) is 2. The van der Waals surface area contributed by atoms with Crippen LogP contribution < -0.4 is 4.74 Å². The molecule has 7 nitrogen and oxygen atoms in total. The van der Waals surface area contributed by atoms with Crippen LogP contribution in [0.2, 0.25) is 0 Å². The maximum Gasteiger partial charge on any atom is 0.330 e. The summed E-state index contributed by atoms with van der Waals surface area (Å²) >= 11 is 0. The topological polar surface area (TPSA) is 104 Å². The van der Waals surface area contributed by atoms with Gasteiger partial charge < -0.3 is 19.4 Å². The molecule has 2 aromatic heterocycles. The number of halogens is 2. The Morgan fingerprint density at radius 2 is 1.98 bits per heavy atom. The van der Waals surface area contributed by atoms with Gasteiger partial charge in [0, 0.05) is 59.0 Å². The van der Waals surface area contributed by atoms with Crippen molar-refractivity contribution >= 4 is 22.9 Å². The standard InChI is InChI=1S/C34H30F2N4O3/c1-21-7-6-8-22(17-21)24(9-4-3-5-15-37)31-20-39-34(40-31)27-18-23(10-12-28(27)35)43-33-26(11-13-32(41)42-2)25-14-16-38-30(25)19-29(33)36/h6-8,10-14,16-20,24,38H,3-5,9H2,1-2H3,(H,39,40)/b13-11+. The van der Waals surface area contributed by atoms with Crippen LogP contribution in [0.15, 0.2) is 73.1 Å². The Hall–Kier alpha value is -5.23. The van der Waals surface area contributed by atoms with E-state index < -0.39 is 17.6 Å². The first-order chi connectivity index (χ1) is 20.9. The third-order valence-electron chi connectivity index (χ3n) is 7.25. The molecule has 0 radical (unpaired) electrons. The van der Waals surface area contributed by atoms with Crippen molar-refractivity contribution in [2.75, 3.05) is 7.11 Å². The molecule has 1 unspecified atom stereocenters. The van der Waals surface area contributed by atoms with Gasteiger partial charge in [-0.1, -0.05) is 36.2 Å². The Balaban J connectivity index is 1.48. The van der Waals surface area contributed by atoms with Crippen LogP contribution in [0, 0.1) is 29.9 Å². The molecule has 9 heteroatoms. The largest absolute Gasteiger partial charge is 0.466 e. The Labute approximate surface area is 247 Å². The molecule has 0 saturated carbocycles. The van der Waals surface area contributed by atoms with Gasteiger partial charge in [-0.05, 0) is 55.7 Å². The number of aromatic amines is 2. The molecule has 43 heavy (non-hydrogen) atoms. The van der Waals surface area contributed by atoms with Gasteiger partial charge in [-0.15, -0.1) is 0 Å². The smallest absolute Gasteiger partial charge is 0.330 e. The van der Waals surface area contributed by atoms with Crippen LogP contribution in [0.1, 0.15) is 54.0 Å². The molecule has 218 valence electrons. The number of H-pyrrole nitrogens is 2. The summed E-state index contributed by atoms with van der Waals surface area (Å²) in [6.07, 6.45) is 8.88. The second-order valence-electron chi connectivity index (χ2n) is 10.2. The van der Waals surface area contributed by atoms with Crippen LogP contribution in [-0.2, 0) is 9.53 Å². The van der Waals surface area contributed by atoms with Crippen molar-refractivity contribution in [3.8, 4) is 29.0 Å². The number of rotatable bonds is 11. The maximum atomic E-state index is 15.3. The summed E-state index contributed by atoms with van der Waals surface area (Å²) in [6, 6.07) is 17.5. The highest BCUT2D eigenvalue weighted by Crippen LogP contribution is 2.37. The molecule has 5 rings (SSSR count). The van der Waals surface area contributed by atoms with Gasteiger partial charge in [-0.25, -0.2) is 18.6 Å². The van der Waals surface area contributed by atoms with E-state index in [0.717, 1.165) is 36.1 Å². The van der Waals surface area contributed by atoms with Crippen LogP contribution in [0.3, 0.4) is 0 Å². The SMILES string of the molecule is COC(=O)/C=C/c1c(Oc2ccc(F)c(-c3ncc(C(CCCCC#N)c4cccc(C)c4)[nH]3)c2)c(F)cc2[nH]ccc12. The lowest BCUT2D eigenvalue weighted by molar-refractivity contribution is -0.134. The number of benzene rings is 3. The van der Waals surface area contributed by atoms with E-state index in [1.54, 1.807) is 18.5 Å². The number of hydrogen-bond donors (Lipinski definition) is 2. The number of ether oxygens (including phenoxy) is 2. The summed E-state index contributed by atoms with van der Waals surface area (Å²) in [4.78, 5) is 22.5. The Bertz CT molecular complexity index is 1830. The summed E-state index contributed by atoms with van der Waals surface area (Å²) < 4.78 is 41.1. The van der Waals surface area contributed by atoms with Crippen LogP contribution in [0.4, 0.5) is 8.78 Å². The zero-order chi connectivity index (χ0) is 30.3. The molecule has 5 aromatic rings. The van der Waals surface area contributed by atoms with Gasteiger partial charge in [-0.2, -0.15) is 5.26 Å². The summed E-state index contributed by atoms with van der Waals surface area (Å²) in [5.74, 6) is -1.45. The van der Waals surface area contributed by atoms with E-state index in [1.807, 2.05) is 19.1 Å². The van der Waals surface area contributed by atoms with Crippen molar-refractivity contribution < 1.29 is 23.0 Å². The first-order valence-electron chi connectivity index (χ1n) is 13.9. The molecule has 2 N–H and O–H groups in total. The minimum Gasteiger partial charge on any atom is -0.466 e. The summed E-state index contributed by atoms with van der Waals surface area (Å²) in [6.45, 7) is 2.03. The summed E-state index contributed by atoms with van der Waals surface area (Å²) in [5.41, 5.74) is 4.06. The van der Waals surface area contributed by atoms with E-state index in [1.165, 1.54) is 43.5 Å². The maximum absolute atomic E-state index is 15.3. The summed E-state index contributed by atoms with van der Waals surface area (Å²) in [5, 5.41) is 9.57. The molecule has 0 fully saturated rings. The average molecular weight is 581 g/mol. The fourth-order valence-electron chi connectivity index (χ4n) is 5.13. The highest BCUT2D eigenvalue weighted by molar-refractivity contribution is 5.96. The third kappa shape index (κ3) is 6.65. The van der Waals surface area contributed by atoms with Gasteiger partial charge in [0.2, 0.25) is 0 Å². The number of carbonyl (C=O) groups excluding carboxylic acids is 1. The number of fused-ring (bicyclic) bond motifs is 1. The second-order valence-corrected chi connectivity index (χ2v) is 10.2. The van der Waals surface area contributed by atoms with E-state index in [2.05, 4.69) is 37.9 Å². The number of unbranched alkanes of at least 4 members (excludes halogenated alkanes) is 2. The third-order valence-corrected chi connectivity index (χ3v) is 7.25. The molecular formula is C34H30F2N4O3. The Morgan fingerprint density at radius 1 is 1.12 bits per heavy atom. The number of nitrogens with zero attached hydrogens (tertiary/aromatic N) is 2. The highest BCUT2D eigenvalue weighted by Gasteiger charge is 2.20. The van der Waals surface area contributed by atoms with E-state index in [4.69, 9.17) is 10.00 Å². The van der Waals surface area contributed by atoms with Crippen LogP contribution in [-0.4, -0.2) is 28.0 Å². The highest BCUT2D eigenvalue weighted by atomic mass is 19.1. The average Bonchev–Trinajstić information content (AvgIpc) is 3.68. The molecule has 0 spiro atoms. The summed E-state index contributed by atoms with van der Waals surface area (Å²) in [7, 11) is 1.25. The van der Waals surface area contributed by atoms with E-state index in [0.29, 0.717) is 28.7 Å². The first-order valence-corrected chi connectivity index (χ1v) is 13.9. The number of hydrogen-bond acceptors (Lipinski definition) is 5. The zero-order valence-electron chi connectivity index (χ0n) is 23.8. The molecule has 0 aliphatic rings. The zero-order valence-corrected chi connectivity index (χ0v) is 23.8. The molecule has 2 heterocycles. The number of aromatic nitrogens is 3. The van der Waals surface area contributed by atoms with E-state index in [-0.39, 0.29) is 23.0 Å². The van der Waals surface area contributed by atoms with Crippen molar-refractivity contribution in [3.05, 3.63) is 107 Å². The Kier molecular flexibility index (Phi) is 8.96. The number of nitriles is 1. The quantitative estimate of drug-likeness (QED) is 0.0928. The molecular weight excluding hydrogens is 550 g/mol.